The first kappa shape index (κ1) is 10.6. The molecule has 2 rings (SSSR count). The minimum atomic E-state index is 0.297. The van der Waals surface area contributed by atoms with Gasteiger partial charge in [-0.15, -0.1) is 0 Å². The molecular formula is C11H13N3O2. The Labute approximate surface area is 93.1 Å². The van der Waals surface area contributed by atoms with Gasteiger partial charge in [0.05, 0.1) is 6.54 Å². The zero-order valence-corrected chi connectivity index (χ0v) is 8.97. The van der Waals surface area contributed by atoms with Gasteiger partial charge in [0.15, 0.2) is 5.82 Å². The fourth-order valence-corrected chi connectivity index (χ4v) is 1.44. The minimum Gasteiger partial charge on any atom is -0.508 e. The van der Waals surface area contributed by atoms with E-state index in [0.717, 1.165) is 11.1 Å². The van der Waals surface area contributed by atoms with Crippen molar-refractivity contribution >= 4 is 0 Å². The highest BCUT2D eigenvalue weighted by atomic mass is 16.5. The maximum absolute atomic E-state index is 9.60. The van der Waals surface area contributed by atoms with E-state index in [4.69, 9.17) is 0 Å². The molecule has 1 aromatic heterocycles. The van der Waals surface area contributed by atoms with Gasteiger partial charge in [-0.05, 0) is 13.0 Å². The fraction of sp³-hybridized carbons (Fsp3) is 0.273. The van der Waals surface area contributed by atoms with E-state index in [1.165, 1.54) is 6.39 Å². The second-order valence-electron chi connectivity index (χ2n) is 3.58. The number of phenolic OH excluding ortho intramolecular Hbond substituents is 1. The quantitative estimate of drug-likeness (QED) is 0.812. The van der Waals surface area contributed by atoms with Crippen molar-refractivity contribution in [1.29, 1.82) is 0 Å². The van der Waals surface area contributed by atoms with E-state index in [-0.39, 0.29) is 0 Å². The molecule has 0 radical (unpaired) electrons. The SMILES string of the molecule is Cc1ccc(O)c(CNCc2ncon2)c1. The van der Waals surface area contributed by atoms with E-state index < -0.39 is 0 Å². The largest absolute Gasteiger partial charge is 0.508 e. The van der Waals surface area contributed by atoms with E-state index in [9.17, 15) is 5.11 Å². The molecule has 1 heterocycles. The second-order valence-corrected chi connectivity index (χ2v) is 3.58. The topological polar surface area (TPSA) is 71.2 Å². The molecule has 0 bridgehead atoms. The Morgan fingerprint density at radius 2 is 2.25 bits per heavy atom. The average Bonchev–Trinajstić information content (AvgIpc) is 2.76. The van der Waals surface area contributed by atoms with Gasteiger partial charge in [-0.2, -0.15) is 4.98 Å². The minimum absolute atomic E-state index is 0.297. The lowest BCUT2D eigenvalue weighted by Crippen LogP contribution is -2.13. The number of phenols is 1. The molecular weight excluding hydrogens is 206 g/mol. The zero-order chi connectivity index (χ0) is 11.4. The van der Waals surface area contributed by atoms with Gasteiger partial charge in [0, 0.05) is 12.1 Å². The molecule has 0 unspecified atom stereocenters. The Morgan fingerprint density at radius 3 is 3.00 bits per heavy atom. The van der Waals surface area contributed by atoms with Gasteiger partial charge in [-0.25, -0.2) is 0 Å². The van der Waals surface area contributed by atoms with Crippen LogP contribution in [0.3, 0.4) is 0 Å². The van der Waals surface area contributed by atoms with Gasteiger partial charge in [-0.1, -0.05) is 22.9 Å². The number of nitrogens with zero attached hydrogens (tertiary/aromatic N) is 2. The monoisotopic (exact) mass is 219 g/mol. The van der Waals surface area contributed by atoms with Crippen LogP contribution in [0.1, 0.15) is 17.0 Å². The molecule has 0 spiro atoms. The highest BCUT2D eigenvalue weighted by molar-refractivity contribution is 5.35. The number of aromatic hydroxyl groups is 1. The molecule has 0 fully saturated rings. The van der Waals surface area contributed by atoms with Gasteiger partial charge in [0.1, 0.15) is 5.75 Å². The Kier molecular flexibility index (Phi) is 3.16. The van der Waals surface area contributed by atoms with Crippen LogP contribution in [0.4, 0.5) is 0 Å². The summed E-state index contributed by atoms with van der Waals surface area (Å²) >= 11 is 0. The van der Waals surface area contributed by atoms with Gasteiger partial charge in [0.25, 0.3) is 0 Å². The summed E-state index contributed by atoms with van der Waals surface area (Å²) in [7, 11) is 0. The second kappa shape index (κ2) is 4.76. The third kappa shape index (κ3) is 2.58. The van der Waals surface area contributed by atoms with Crippen LogP contribution in [0.25, 0.3) is 0 Å². The van der Waals surface area contributed by atoms with E-state index in [0.29, 0.717) is 24.7 Å². The first-order chi connectivity index (χ1) is 7.75. The van der Waals surface area contributed by atoms with Crippen LogP contribution in [0, 0.1) is 6.92 Å². The van der Waals surface area contributed by atoms with Crippen LogP contribution >= 0.6 is 0 Å². The summed E-state index contributed by atoms with van der Waals surface area (Å²) in [6.45, 7) is 3.08. The Hall–Kier alpha value is -1.88. The first-order valence-electron chi connectivity index (χ1n) is 5.00. The molecule has 2 aromatic rings. The molecule has 0 saturated carbocycles. The van der Waals surface area contributed by atoms with Gasteiger partial charge in [0.2, 0.25) is 6.39 Å². The van der Waals surface area contributed by atoms with Crippen LogP contribution < -0.4 is 5.32 Å². The van der Waals surface area contributed by atoms with Crippen LogP contribution in [-0.4, -0.2) is 15.2 Å². The van der Waals surface area contributed by atoms with Gasteiger partial charge >= 0.3 is 0 Å². The molecule has 0 aliphatic rings. The molecule has 0 amide bonds. The van der Waals surface area contributed by atoms with Gasteiger partial charge < -0.3 is 14.9 Å². The van der Waals surface area contributed by atoms with Crippen molar-refractivity contribution < 1.29 is 9.63 Å². The first-order valence-corrected chi connectivity index (χ1v) is 5.00. The third-order valence-electron chi connectivity index (χ3n) is 2.24. The lowest BCUT2D eigenvalue weighted by atomic mass is 10.1. The van der Waals surface area contributed by atoms with Crippen molar-refractivity contribution in [3.05, 3.63) is 41.5 Å². The van der Waals surface area contributed by atoms with Crippen LogP contribution in [-0.2, 0) is 13.1 Å². The lowest BCUT2D eigenvalue weighted by molar-refractivity contribution is 0.407. The van der Waals surface area contributed by atoms with E-state index in [1.807, 2.05) is 19.1 Å². The number of hydrogen-bond donors (Lipinski definition) is 2. The number of aryl methyl sites for hydroxylation is 1. The number of nitrogens with one attached hydrogen (secondary N) is 1. The Morgan fingerprint density at radius 1 is 1.38 bits per heavy atom. The van der Waals surface area contributed by atoms with Crippen LogP contribution in [0.5, 0.6) is 5.75 Å². The van der Waals surface area contributed by atoms with Crippen molar-refractivity contribution in [2.45, 2.75) is 20.0 Å². The van der Waals surface area contributed by atoms with Gasteiger partial charge in [-0.3, -0.25) is 0 Å². The molecule has 5 nitrogen and oxygen atoms in total. The Bertz CT molecular complexity index is 454. The normalized spacial score (nSPS) is 10.6. The summed E-state index contributed by atoms with van der Waals surface area (Å²) in [4.78, 5) is 3.88. The molecule has 0 saturated heterocycles. The van der Waals surface area contributed by atoms with Crippen LogP contribution in [0.15, 0.2) is 29.1 Å². The zero-order valence-electron chi connectivity index (χ0n) is 8.97. The molecule has 5 heteroatoms. The van der Waals surface area contributed by atoms with Crippen molar-refractivity contribution in [1.82, 2.24) is 15.5 Å². The molecule has 0 aliphatic carbocycles. The molecule has 0 atom stereocenters. The molecule has 0 aliphatic heterocycles. The molecule has 2 N–H and O–H groups in total. The summed E-state index contributed by atoms with van der Waals surface area (Å²) in [5, 5.41) is 16.4. The maximum Gasteiger partial charge on any atom is 0.213 e. The van der Waals surface area contributed by atoms with E-state index in [1.54, 1.807) is 6.07 Å². The predicted molar refractivity (Wildman–Crippen MR) is 57.7 cm³/mol. The third-order valence-corrected chi connectivity index (χ3v) is 2.24. The molecule has 1 aromatic carbocycles. The van der Waals surface area contributed by atoms with Crippen LogP contribution in [0.2, 0.25) is 0 Å². The Balaban J connectivity index is 1.92. The summed E-state index contributed by atoms with van der Waals surface area (Å²) in [6.07, 6.45) is 1.29. The summed E-state index contributed by atoms with van der Waals surface area (Å²) in [5.74, 6) is 0.901. The van der Waals surface area contributed by atoms with Crippen molar-refractivity contribution in [3.8, 4) is 5.75 Å². The van der Waals surface area contributed by atoms with Crippen molar-refractivity contribution in [2.75, 3.05) is 0 Å². The fourth-order valence-electron chi connectivity index (χ4n) is 1.44. The van der Waals surface area contributed by atoms with E-state index in [2.05, 4.69) is 20.0 Å². The smallest absolute Gasteiger partial charge is 0.213 e. The lowest BCUT2D eigenvalue weighted by Gasteiger charge is -2.06. The average molecular weight is 219 g/mol. The number of benzene rings is 1. The maximum atomic E-state index is 9.60. The summed E-state index contributed by atoms with van der Waals surface area (Å²) in [6, 6.07) is 5.51. The standard InChI is InChI=1S/C11H13N3O2/c1-8-2-3-10(15)9(4-8)5-12-6-11-13-7-16-14-11/h2-4,7,12,15H,5-6H2,1H3. The summed E-state index contributed by atoms with van der Waals surface area (Å²) in [5.41, 5.74) is 1.98. The number of rotatable bonds is 4. The highest BCUT2D eigenvalue weighted by Crippen LogP contribution is 2.17. The number of aromatic nitrogens is 2. The highest BCUT2D eigenvalue weighted by Gasteiger charge is 2.02. The van der Waals surface area contributed by atoms with Crippen molar-refractivity contribution in [3.63, 3.8) is 0 Å². The van der Waals surface area contributed by atoms with Crippen molar-refractivity contribution in [2.24, 2.45) is 0 Å². The predicted octanol–water partition coefficient (Wildman–Crippen LogP) is 1.37. The number of hydrogen-bond acceptors (Lipinski definition) is 5. The summed E-state index contributed by atoms with van der Waals surface area (Å²) < 4.78 is 4.61. The van der Waals surface area contributed by atoms with E-state index >= 15 is 0 Å². The molecule has 16 heavy (non-hydrogen) atoms. The molecule has 84 valence electrons.